The molecule has 0 amide bonds. The van der Waals surface area contributed by atoms with Gasteiger partial charge in [-0.1, -0.05) is 13.3 Å². The molecule has 0 radical (unpaired) electrons. The number of nitrogens with zero attached hydrogens (tertiary/aromatic N) is 2. The van der Waals surface area contributed by atoms with Gasteiger partial charge in [0.2, 0.25) is 0 Å². The van der Waals surface area contributed by atoms with Crippen LogP contribution in [0.25, 0.3) is 0 Å². The predicted octanol–water partition coefficient (Wildman–Crippen LogP) is 2.88. The monoisotopic (exact) mass is 279 g/mol. The minimum absolute atomic E-state index is 0.239. The molecular formula is C16H29N3O. The van der Waals surface area contributed by atoms with E-state index in [1.54, 1.807) is 0 Å². The van der Waals surface area contributed by atoms with Crippen LogP contribution in [0.4, 0.5) is 0 Å². The predicted molar refractivity (Wildman–Crippen MR) is 81.5 cm³/mol. The number of nitrogens with one attached hydrogen (secondary N) is 1. The number of aryl methyl sites for hydroxylation is 1. The van der Waals surface area contributed by atoms with E-state index in [2.05, 4.69) is 37.4 Å². The number of rotatable bonds is 6. The zero-order chi connectivity index (χ0) is 14.6. The van der Waals surface area contributed by atoms with E-state index in [0.29, 0.717) is 6.54 Å². The molecule has 1 atom stereocenters. The summed E-state index contributed by atoms with van der Waals surface area (Å²) in [5.74, 6) is 0.815. The molecule has 1 aliphatic carbocycles. The van der Waals surface area contributed by atoms with Crippen molar-refractivity contribution in [1.82, 2.24) is 15.1 Å². The second kappa shape index (κ2) is 6.72. The van der Waals surface area contributed by atoms with Gasteiger partial charge in [-0.2, -0.15) is 5.10 Å². The summed E-state index contributed by atoms with van der Waals surface area (Å²) in [7, 11) is 0. The van der Waals surface area contributed by atoms with Crippen LogP contribution in [-0.2, 0) is 6.54 Å². The molecule has 0 aliphatic heterocycles. The van der Waals surface area contributed by atoms with Gasteiger partial charge >= 0.3 is 0 Å². The summed E-state index contributed by atoms with van der Waals surface area (Å²) in [6.45, 7) is 8.06. The van der Waals surface area contributed by atoms with E-state index in [1.807, 2.05) is 10.9 Å². The highest BCUT2D eigenvalue weighted by Gasteiger charge is 2.32. The molecule has 114 valence electrons. The molecule has 2 rings (SSSR count). The molecule has 1 aromatic heterocycles. The number of aromatic nitrogens is 2. The Morgan fingerprint density at radius 3 is 2.70 bits per heavy atom. The third-order valence-corrected chi connectivity index (χ3v) is 4.83. The lowest BCUT2D eigenvalue weighted by Gasteiger charge is -2.36. The molecule has 0 saturated heterocycles. The van der Waals surface area contributed by atoms with Crippen LogP contribution in [0.1, 0.15) is 64.5 Å². The smallest absolute Gasteiger partial charge is 0.0772 e. The fourth-order valence-corrected chi connectivity index (χ4v) is 3.04. The minimum Gasteiger partial charge on any atom is -0.389 e. The van der Waals surface area contributed by atoms with Crippen molar-refractivity contribution in [3.63, 3.8) is 0 Å². The highest BCUT2D eigenvalue weighted by molar-refractivity contribution is 5.09. The summed E-state index contributed by atoms with van der Waals surface area (Å²) < 4.78 is 1.94. The van der Waals surface area contributed by atoms with Crippen molar-refractivity contribution >= 4 is 0 Å². The molecule has 1 heterocycles. The van der Waals surface area contributed by atoms with E-state index in [1.165, 1.54) is 12.0 Å². The molecule has 1 saturated carbocycles. The van der Waals surface area contributed by atoms with Gasteiger partial charge < -0.3 is 10.4 Å². The fraction of sp³-hybridized carbons (Fsp3) is 0.812. The standard InChI is InChI=1S/C16H29N3O/c1-4-14-6-8-16(20,9-7-14)12-17-13(3)15-10-18-19(5-2)11-15/h10-11,13-14,17,20H,4-9,12H2,1-3H3. The fourth-order valence-electron chi connectivity index (χ4n) is 3.04. The van der Waals surface area contributed by atoms with Crippen molar-refractivity contribution in [3.05, 3.63) is 18.0 Å². The first-order chi connectivity index (χ1) is 9.56. The van der Waals surface area contributed by atoms with Gasteiger partial charge in [-0.15, -0.1) is 0 Å². The molecule has 20 heavy (non-hydrogen) atoms. The first-order valence-corrected chi connectivity index (χ1v) is 8.04. The second-order valence-corrected chi connectivity index (χ2v) is 6.31. The largest absolute Gasteiger partial charge is 0.389 e. The lowest BCUT2D eigenvalue weighted by atomic mass is 9.78. The molecule has 0 spiro atoms. The van der Waals surface area contributed by atoms with Crippen LogP contribution in [-0.4, -0.2) is 27.0 Å². The molecule has 1 fully saturated rings. The molecule has 0 bridgehead atoms. The van der Waals surface area contributed by atoms with Crippen LogP contribution in [0, 0.1) is 5.92 Å². The molecule has 0 aromatic carbocycles. The van der Waals surface area contributed by atoms with Crippen LogP contribution in [0.2, 0.25) is 0 Å². The van der Waals surface area contributed by atoms with E-state index in [-0.39, 0.29) is 6.04 Å². The van der Waals surface area contributed by atoms with Gasteiger partial charge in [0.05, 0.1) is 11.8 Å². The lowest BCUT2D eigenvalue weighted by molar-refractivity contribution is -0.0103. The summed E-state index contributed by atoms with van der Waals surface area (Å²) in [5.41, 5.74) is 0.679. The Morgan fingerprint density at radius 2 is 2.15 bits per heavy atom. The van der Waals surface area contributed by atoms with Gasteiger partial charge in [0.25, 0.3) is 0 Å². The summed E-state index contributed by atoms with van der Waals surface area (Å²) in [6.07, 6.45) is 9.43. The van der Waals surface area contributed by atoms with Crippen molar-refractivity contribution in [3.8, 4) is 0 Å². The number of hydrogen-bond acceptors (Lipinski definition) is 3. The summed E-state index contributed by atoms with van der Waals surface area (Å²) in [5, 5.41) is 18.4. The highest BCUT2D eigenvalue weighted by atomic mass is 16.3. The van der Waals surface area contributed by atoms with Crippen molar-refractivity contribution in [1.29, 1.82) is 0 Å². The van der Waals surface area contributed by atoms with E-state index in [0.717, 1.165) is 38.1 Å². The molecule has 1 aliphatic rings. The summed E-state index contributed by atoms with van der Waals surface area (Å²) in [4.78, 5) is 0. The Balaban J connectivity index is 1.82. The summed E-state index contributed by atoms with van der Waals surface area (Å²) >= 11 is 0. The zero-order valence-electron chi connectivity index (χ0n) is 13.1. The second-order valence-electron chi connectivity index (χ2n) is 6.31. The van der Waals surface area contributed by atoms with Crippen molar-refractivity contribution in [2.24, 2.45) is 5.92 Å². The molecule has 4 heteroatoms. The molecule has 1 aromatic rings. The van der Waals surface area contributed by atoms with Crippen molar-refractivity contribution in [2.75, 3.05) is 6.54 Å². The average Bonchev–Trinajstić information content (AvgIpc) is 2.95. The Kier molecular flexibility index (Phi) is 5.22. The molecule has 4 nitrogen and oxygen atoms in total. The Bertz CT molecular complexity index is 408. The number of hydrogen-bond donors (Lipinski definition) is 2. The van der Waals surface area contributed by atoms with Crippen LogP contribution in [0.5, 0.6) is 0 Å². The third kappa shape index (κ3) is 3.83. The van der Waals surface area contributed by atoms with E-state index in [4.69, 9.17) is 0 Å². The van der Waals surface area contributed by atoms with E-state index < -0.39 is 5.60 Å². The maximum Gasteiger partial charge on any atom is 0.0772 e. The third-order valence-electron chi connectivity index (χ3n) is 4.83. The Morgan fingerprint density at radius 1 is 1.45 bits per heavy atom. The van der Waals surface area contributed by atoms with Crippen LogP contribution in [0.3, 0.4) is 0 Å². The quantitative estimate of drug-likeness (QED) is 0.842. The van der Waals surface area contributed by atoms with Crippen LogP contribution in [0.15, 0.2) is 12.4 Å². The maximum atomic E-state index is 10.6. The van der Waals surface area contributed by atoms with Crippen molar-refractivity contribution < 1.29 is 5.11 Å². The summed E-state index contributed by atoms with van der Waals surface area (Å²) in [6, 6.07) is 0.239. The topological polar surface area (TPSA) is 50.1 Å². The SMILES string of the molecule is CCC1CCC(O)(CNC(C)c2cnn(CC)c2)CC1. The Labute approximate surface area is 122 Å². The normalized spacial score (nSPS) is 28.5. The van der Waals surface area contributed by atoms with E-state index in [9.17, 15) is 5.11 Å². The average molecular weight is 279 g/mol. The van der Waals surface area contributed by atoms with E-state index >= 15 is 0 Å². The first-order valence-electron chi connectivity index (χ1n) is 8.04. The van der Waals surface area contributed by atoms with Gasteiger partial charge in [0, 0.05) is 30.9 Å². The highest BCUT2D eigenvalue weighted by Crippen LogP contribution is 2.33. The lowest BCUT2D eigenvalue weighted by Crippen LogP contribution is -2.44. The van der Waals surface area contributed by atoms with Gasteiger partial charge in [0.1, 0.15) is 0 Å². The number of aliphatic hydroxyl groups is 1. The molecular weight excluding hydrogens is 250 g/mol. The zero-order valence-corrected chi connectivity index (χ0v) is 13.1. The first kappa shape index (κ1) is 15.5. The van der Waals surface area contributed by atoms with Gasteiger partial charge in [-0.05, 0) is 45.4 Å². The molecule has 1 unspecified atom stereocenters. The van der Waals surface area contributed by atoms with Gasteiger partial charge in [-0.25, -0.2) is 0 Å². The maximum absolute atomic E-state index is 10.6. The van der Waals surface area contributed by atoms with Gasteiger partial charge in [-0.3, -0.25) is 4.68 Å². The molecule has 2 N–H and O–H groups in total. The Hall–Kier alpha value is -0.870. The van der Waals surface area contributed by atoms with Crippen LogP contribution < -0.4 is 5.32 Å². The van der Waals surface area contributed by atoms with Crippen LogP contribution >= 0.6 is 0 Å². The minimum atomic E-state index is -0.513. The van der Waals surface area contributed by atoms with Crippen molar-refractivity contribution in [2.45, 2.75) is 71.1 Å². The van der Waals surface area contributed by atoms with Gasteiger partial charge in [0.15, 0.2) is 0 Å².